The molecule has 0 saturated carbocycles. The summed E-state index contributed by atoms with van der Waals surface area (Å²) in [5.74, 6) is 0.135. The minimum Gasteiger partial charge on any atom is -0.389 e. The van der Waals surface area contributed by atoms with Crippen molar-refractivity contribution in [3.05, 3.63) is 12.3 Å². The lowest BCUT2D eigenvalue weighted by atomic mass is 10.7. The van der Waals surface area contributed by atoms with Gasteiger partial charge in [-0.15, -0.1) is 5.10 Å². The molecule has 1 aromatic heterocycles. The van der Waals surface area contributed by atoms with Crippen LogP contribution in [0.3, 0.4) is 0 Å². The van der Waals surface area contributed by atoms with Crippen LogP contribution in [0.15, 0.2) is 12.3 Å². The Bertz CT molecular complexity index is 251. The van der Waals surface area contributed by atoms with E-state index in [1.807, 2.05) is 0 Å². The van der Waals surface area contributed by atoms with E-state index in [4.69, 9.17) is 4.74 Å². The maximum atomic E-state index is 10.8. The first kappa shape index (κ1) is 8.38. The fourth-order valence-corrected chi connectivity index (χ4v) is 0.560. The lowest BCUT2D eigenvalue weighted by Gasteiger charge is -2.00. The molecule has 1 heterocycles. The largest absolute Gasteiger partial charge is 0.413 e. The van der Waals surface area contributed by atoms with Crippen molar-refractivity contribution in [3.8, 4) is 5.88 Å². The van der Waals surface area contributed by atoms with Gasteiger partial charge in [0.2, 0.25) is 5.88 Å². The number of amides is 1. The molecule has 0 spiro atoms. The number of aromatic nitrogens is 3. The fourth-order valence-electron chi connectivity index (χ4n) is 0.560. The summed E-state index contributed by atoms with van der Waals surface area (Å²) in [5, 5.41) is 12.6. The maximum Gasteiger partial charge on any atom is 0.413 e. The fraction of sp³-hybridized carbons (Fsp3) is 0.333. The molecule has 0 atom stereocenters. The van der Waals surface area contributed by atoms with Gasteiger partial charge in [0, 0.05) is 12.6 Å². The summed E-state index contributed by atoms with van der Waals surface area (Å²) in [4.78, 5) is 10.8. The Balaban J connectivity index is 2.47. The second-order valence-corrected chi connectivity index (χ2v) is 1.88. The number of rotatable bonds is 2. The van der Waals surface area contributed by atoms with Crippen molar-refractivity contribution in [2.24, 2.45) is 0 Å². The van der Waals surface area contributed by atoms with E-state index in [0.717, 1.165) is 0 Å². The molecule has 12 heavy (non-hydrogen) atoms. The lowest BCUT2D eigenvalue weighted by Crippen LogP contribution is -2.26. The topological polar surface area (TPSA) is 77.0 Å². The first-order valence-corrected chi connectivity index (χ1v) is 3.43. The molecule has 1 amide bonds. The van der Waals surface area contributed by atoms with Crippen molar-refractivity contribution in [1.82, 2.24) is 20.7 Å². The second-order valence-electron chi connectivity index (χ2n) is 1.88. The molecule has 0 unspecified atom stereocenters. The molecule has 0 aliphatic heterocycles. The SMILES string of the molecule is CCNC(=O)Oc1ccnnn1. The zero-order valence-corrected chi connectivity index (χ0v) is 6.52. The van der Waals surface area contributed by atoms with Crippen molar-refractivity contribution >= 4 is 6.09 Å². The van der Waals surface area contributed by atoms with Gasteiger partial charge < -0.3 is 10.1 Å². The average molecular weight is 168 g/mol. The first-order chi connectivity index (χ1) is 5.83. The number of nitrogens with zero attached hydrogens (tertiary/aromatic N) is 3. The Hall–Kier alpha value is -1.72. The van der Waals surface area contributed by atoms with Crippen LogP contribution in [-0.4, -0.2) is 28.0 Å². The van der Waals surface area contributed by atoms with Gasteiger partial charge in [-0.1, -0.05) is 5.10 Å². The Kier molecular flexibility index (Phi) is 2.95. The van der Waals surface area contributed by atoms with E-state index in [1.54, 1.807) is 6.92 Å². The Morgan fingerprint density at radius 2 is 2.58 bits per heavy atom. The highest BCUT2D eigenvalue weighted by Crippen LogP contribution is 1.99. The van der Waals surface area contributed by atoms with Crippen molar-refractivity contribution in [2.75, 3.05) is 6.54 Å². The molecule has 1 N–H and O–H groups in total. The number of carbonyl (C=O) groups excluding carboxylic acids is 1. The van der Waals surface area contributed by atoms with E-state index in [-0.39, 0.29) is 5.88 Å². The molecular formula is C6H8N4O2. The van der Waals surface area contributed by atoms with Crippen LogP contribution in [0.1, 0.15) is 6.92 Å². The van der Waals surface area contributed by atoms with E-state index < -0.39 is 6.09 Å². The molecule has 0 bridgehead atoms. The van der Waals surface area contributed by atoms with Crippen LogP contribution in [0.4, 0.5) is 4.79 Å². The molecule has 1 rings (SSSR count). The van der Waals surface area contributed by atoms with E-state index in [9.17, 15) is 4.79 Å². The zero-order valence-electron chi connectivity index (χ0n) is 6.52. The molecule has 64 valence electrons. The third-order valence-corrected chi connectivity index (χ3v) is 0.997. The first-order valence-electron chi connectivity index (χ1n) is 3.43. The summed E-state index contributed by atoms with van der Waals surface area (Å²) in [7, 11) is 0. The summed E-state index contributed by atoms with van der Waals surface area (Å²) in [5.41, 5.74) is 0. The number of hydrogen-bond acceptors (Lipinski definition) is 5. The Morgan fingerprint density at radius 3 is 3.17 bits per heavy atom. The van der Waals surface area contributed by atoms with Gasteiger partial charge in [-0.3, -0.25) is 0 Å². The molecule has 1 aromatic rings. The third-order valence-electron chi connectivity index (χ3n) is 0.997. The molecular weight excluding hydrogens is 160 g/mol. The smallest absolute Gasteiger partial charge is 0.389 e. The summed E-state index contributed by atoms with van der Waals surface area (Å²) in [6.07, 6.45) is 0.847. The van der Waals surface area contributed by atoms with Gasteiger partial charge in [-0.2, -0.15) is 0 Å². The predicted molar refractivity (Wildman–Crippen MR) is 39.5 cm³/mol. The summed E-state index contributed by atoms with van der Waals surface area (Å²) >= 11 is 0. The number of nitrogens with one attached hydrogen (secondary N) is 1. The molecule has 6 heteroatoms. The van der Waals surface area contributed by atoms with Gasteiger partial charge in [-0.25, -0.2) is 4.79 Å². The number of ether oxygens (including phenoxy) is 1. The molecule has 0 fully saturated rings. The van der Waals surface area contributed by atoms with Gasteiger partial charge in [0.15, 0.2) is 0 Å². The second kappa shape index (κ2) is 4.22. The monoisotopic (exact) mass is 168 g/mol. The van der Waals surface area contributed by atoms with Crippen LogP contribution in [-0.2, 0) is 0 Å². The molecule has 0 aliphatic rings. The number of carbonyl (C=O) groups is 1. The summed E-state index contributed by atoms with van der Waals surface area (Å²) in [6, 6.07) is 1.45. The van der Waals surface area contributed by atoms with E-state index in [1.165, 1.54) is 12.3 Å². The van der Waals surface area contributed by atoms with Crippen molar-refractivity contribution in [1.29, 1.82) is 0 Å². The number of hydrogen-bond donors (Lipinski definition) is 1. The quantitative estimate of drug-likeness (QED) is 0.671. The van der Waals surface area contributed by atoms with Gasteiger partial charge in [-0.05, 0) is 12.1 Å². The highest BCUT2D eigenvalue weighted by molar-refractivity contribution is 5.69. The van der Waals surface area contributed by atoms with Crippen LogP contribution in [0.25, 0.3) is 0 Å². The normalized spacial score (nSPS) is 9.08. The van der Waals surface area contributed by atoms with Crippen molar-refractivity contribution in [3.63, 3.8) is 0 Å². The predicted octanol–water partition coefficient (Wildman–Crippen LogP) is -0.0201. The highest BCUT2D eigenvalue weighted by atomic mass is 16.6. The minimum absolute atomic E-state index is 0.135. The molecule has 0 saturated heterocycles. The minimum atomic E-state index is -0.544. The van der Waals surface area contributed by atoms with Gasteiger partial charge in [0.1, 0.15) is 0 Å². The highest BCUT2D eigenvalue weighted by Gasteiger charge is 2.02. The van der Waals surface area contributed by atoms with Crippen molar-refractivity contribution in [2.45, 2.75) is 6.92 Å². The van der Waals surface area contributed by atoms with Crippen LogP contribution >= 0.6 is 0 Å². The maximum absolute atomic E-state index is 10.8. The van der Waals surface area contributed by atoms with E-state index in [2.05, 4.69) is 20.7 Å². The lowest BCUT2D eigenvalue weighted by molar-refractivity contribution is 0.198. The van der Waals surface area contributed by atoms with Crippen LogP contribution < -0.4 is 10.1 Å². The van der Waals surface area contributed by atoms with E-state index >= 15 is 0 Å². The standard InChI is InChI=1S/C6H8N4O2/c1-2-7-6(11)12-5-3-4-8-10-9-5/h3-4H,2H2,1H3,(H,7,11). The van der Waals surface area contributed by atoms with Gasteiger partial charge in [0.25, 0.3) is 0 Å². The van der Waals surface area contributed by atoms with Crippen LogP contribution in [0, 0.1) is 0 Å². The third kappa shape index (κ3) is 2.49. The molecule has 0 aromatic carbocycles. The van der Waals surface area contributed by atoms with Crippen molar-refractivity contribution < 1.29 is 9.53 Å². The van der Waals surface area contributed by atoms with Crippen LogP contribution in [0.5, 0.6) is 5.88 Å². The summed E-state index contributed by atoms with van der Waals surface area (Å²) in [6.45, 7) is 2.30. The Morgan fingerprint density at radius 1 is 1.75 bits per heavy atom. The zero-order chi connectivity index (χ0) is 8.81. The van der Waals surface area contributed by atoms with Crippen LogP contribution in [0.2, 0.25) is 0 Å². The summed E-state index contributed by atoms with van der Waals surface area (Å²) < 4.78 is 4.69. The van der Waals surface area contributed by atoms with E-state index in [0.29, 0.717) is 6.54 Å². The molecule has 0 radical (unpaired) electrons. The molecule has 6 nitrogen and oxygen atoms in total. The van der Waals surface area contributed by atoms with Gasteiger partial charge in [0.05, 0.1) is 6.20 Å². The Labute approximate surface area is 68.9 Å². The van der Waals surface area contributed by atoms with Gasteiger partial charge >= 0.3 is 6.09 Å². The molecule has 0 aliphatic carbocycles. The average Bonchev–Trinajstić information content (AvgIpc) is 2.06.